The van der Waals surface area contributed by atoms with Crippen molar-refractivity contribution >= 4 is 28.2 Å². The van der Waals surface area contributed by atoms with Gasteiger partial charge in [-0.2, -0.15) is 0 Å². The van der Waals surface area contributed by atoms with E-state index in [0.717, 1.165) is 0 Å². The minimum absolute atomic E-state index is 0.0413. The SMILES string of the molecule is CC1C(=O)c2cc(Cl)ccc2S(=O)C1C. The standard InChI is InChI=1S/C11H11ClO2S/c1-6-7(2)15(14)10-4-3-8(12)5-9(10)11(6)13/h3-7H,1-2H3. The first kappa shape index (κ1) is 10.8. The lowest BCUT2D eigenvalue weighted by Crippen LogP contribution is -2.33. The second-order valence-electron chi connectivity index (χ2n) is 3.80. The molecule has 0 aromatic heterocycles. The van der Waals surface area contributed by atoms with Gasteiger partial charge in [-0.1, -0.05) is 18.5 Å². The largest absolute Gasteiger partial charge is 0.294 e. The molecule has 0 aliphatic carbocycles. The van der Waals surface area contributed by atoms with Gasteiger partial charge in [0.1, 0.15) is 0 Å². The number of benzene rings is 1. The molecule has 0 amide bonds. The fourth-order valence-corrected chi connectivity index (χ4v) is 3.36. The molecule has 80 valence electrons. The highest BCUT2D eigenvalue weighted by Crippen LogP contribution is 2.31. The van der Waals surface area contributed by atoms with E-state index in [2.05, 4.69) is 0 Å². The summed E-state index contributed by atoms with van der Waals surface area (Å²) in [6.45, 7) is 3.66. The number of hydrogen-bond donors (Lipinski definition) is 0. The Morgan fingerprint density at radius 3 is 2.67 bits per heavy atom. The van der Waals surface area contributed by atoms with Crippen LogP contribution in [0.1, 0.15) is 24.2 Å². The monoisotopic (exact) mass is 242 g/mol. The third-order valence-corrected chi connectivity index (χ3v) is 4.99. The van der Waals surface area contributed by atoms with Gasteiger partial charge in [0, 0.05) is 26.6 Å². The number of Topliss-reactive ketones (excluding diaryl/α,β-unsaturated/α-hetero) is 1. The van der Waals surface area contributed by atoms with E-state index in [1.165, 1.54) is 0 Å². The molecule has 3 atom stereocenters. The zero-order chi connectivity index (χ0) is 11.2. The van der Waals surface area contributed by atoms with E-state index in [4.69, 9.17) is 11.6 Å². The number of carbonyl (C=O) groups is 1. The van der Waals surface area contributed by atoms with Gasteiger partial charge in [-0.25, -0.2) is 0 Å². The highest BCUT2D eigenvalue weighted by atomic mass is 35.5. The Hall–Kier alpha value is -0.670. The Kier molecular flexibility index (Phi) is 2.69. The van der Waals surface area contributed by atoms with Crippen molar-refractivity contribution in [2.75, 3.05) is 0 Å². The lowest BCUT2D eigenvalue weighted by molar-refractivity contribution is 0.0922. The van der Waals surface area contributed by atoms with Crippen LogP contribution in [0, 0.1) is 5.92 Å². The van der Waals surface area contributed by atoms with Gasteiger partial charge in [0.25, 0.3) is 0 Å². The van der Waals surface area contributed by atoms with E-state index in [-0.39, 0.29) is 17.0 Å². The zero-order valence-electron chi connectivity index (χ0n) is 8.49. The average Bonchev–Trinajstić information content (AvgIpc) is 2.23. The Labute approximate surface area is 96.1 Å². The van der Waals surface area contributed by atoms with Crippen LogP contribution in [0.2, 0.25) is 5.02 Å². The average molecular weight is 243 g/mol. The second-order valence-corrected chi connectivity index (χ2v) is 6.01. The Bertz CT molecular complexity index is 456. The van der Waals surface area contributed by atoms with E-state index in [0.29, 0.717) is 15.5 Å². The lowest BCUT2D eigenvalue weighted by atomic mass is 9.96. The molecule has 0 saturated carbocycles. The van der Waals surface area contributed by atoms with Gasteiger partial charge < -0.3 is 0 Å². The molecule has 1 heterocycles. The third-order valence-electron chi connectivity index (χ3n) is 2.88. The van der Waals surface area contributed by atoms with Gasteiger partial charge in [0.05, 0.1) is 10.8 Å². The van der Waals surface area contributed by atoms with Gasteiger partial charge >= 0.3 is 0 Å². The van der Waals surface area contributed by atoms with Crippen LogP contribution in [0.25, 0.3) is 0 Å². The van der Waals surface area contributed by atoms with Crippen molar-refractivity contribution in [3.05, 3.63) is 28.8 Å². The van der Waals surface area contributed by atoms with Crippen molar-refractivity contribution in [2.24, 2.45) is 5.92 Å². The molecular weight excluding hydrogens is 232 g/mol. The molecule has 1 aliphatic rings. The van der Waals surface area contributed by atoms with Crippen molar-refractivity contribution in [2.45, 2.75) is 24.0 Å². The number of carbonyl (C=O) groups excluding carboxylic acids is 1. The van der Waals surface area contributed by atoms with Crippen LogP contribution in [0.4, 0.5) is 0 Å². The third kappa shape index (κ3) is 1.64. The van der Waals surface area contributed by atoms with Crippen molar-refractivity contribution in [1.82, 2.24) is 0 Å². The van der Waals surface area contributed by atoms with Crippen LogP contribution in [0.5, 0.6) is 0 Å². The van der Waals surface area contributed by atoms with Gasteiger partial charge in [-0.3, -0.25) is 9.00 Å². The van der Waals surface area contributed by atoms with Crippen molar-refractivity contribution < 1.29 is 9.00 Å². The Morgan fingerprint density at radius 2 is 2.00 bits per heavy atom. The molecule has 15 heavy (non-hydrogen) atoms. The first-order valence-corrected chi connectivity index (χ1v) is 6.36. The second kappa shape index (κ2) is 3.72. The summed E-state index contributed by atoms with van der Waals surface area (Å²) >= 11 is 5.82. The molecule has 0 N–H and O–H groups in total. The molecule has 2 nitrogen and oxygen atoms in total. The highest BCUT2D eigenvalue weighted by molar-refractivity contribution is 7.86. The molecule has 1 aromatic rings. The normalized spacial score (nSPS) is 30.1. The van der Waals surface area contributed by atoms with Gasteiger partial charge in [0.2, 0.25) is 0 Å². The van der Waals surface area contributed by atoms with Crippen LogP contribution in [-0.4, -0.2) is 15.2 Å². The Morgan fingerprint density at radius 1 is 1.33 bits per heavy atom. The summed E-state index contributed by atoms with van der Waals surface area (Å²) in [5.41, 5.74) is 0.520. The van der Waals surface area contributed by atoms with Crippen LogP contribution >= 0.6 is 11.6 Å². The highest BCUT2D eigenvalue weighted by Gasteiger charge is 2.35. The summed E-state index contributed by atoms with van der Waals surface area (Å²) in [5.74, 6) is -0.156. The molecule has 1 aromatic carbocycles. The van der Waals surface area contributed by atoms with E-state index in [1.54, 1.807) is 18.2 Å². The molecule has 0 spiro atoms. The van der Waals surface area contributed by atoms with Crippen molar-refractivity contribution in [1.29, 1.82) is 0 Å². The van der Waals surface area contributed by atoms with Crippen LogP contribution in [0.15, 0.2) is 23.1 Å². The van der Waals surface area contributed by atoms with Gasteiger partial charge in [0.15, 0.2) is 5.78 Å². The quantitative estimate of drug-likeness (QED) is 0.701. The summed E-state index contributed by atoms with van der Waals surface area (Å²) in [5, 5.41) is 0.395. The summed E-state index contributed by atoms with van der Waals surface area (Å²) in [6, 6.07) is 4.97. The zero-order valence-corrected chi connectivity index (χ0v) is 10.1. The molecular formula is C11H11ClO2S. The number of halogens is 1. The molecule has 3 unspecified atom stereocenters. The van der Waals surface area contributed by atoms with Gasteiger partial charge in [-0.05, 0) is 25.1 Å². The number of rotatable bonds is 0. The summed E-state index contributed by atoms with van der Waals surface area (Å²) in [4.78, 5) is 12.6. The van der Waals surface area contributed by atoms with Crippen LogP contribution in [0.3, 0.4) is 0 Å². The lowest BCUT2D eigenvalue weighted by Gasteiger charge is -2.25. The molecule has 1 aliphatic heterocycles. The molecule has 0 saturated heterocycles. The number of hydrogen-bond acceptors (Lipinski definition) is 2. The molecule has 4 heteroatoms. The fraction of sp³-hybridized carbons (Fsp3) is 0.364. The molecule has 0 radical (unpaired) electrons. The predicted molar refractivity (Wildman–Crippen MR) is 60.8 cm³/mol. The summed E-state index contributed by atoms with van der Waals surface area (Å²) < 4.78 is 12.0. The van der Waals surface area contributed by atoms with E-state index in [9.17, 15) is 9.00 Å². The molecule has 0 fully saturated rings. The summed E-state index contributed by atoms with van der Waals surface area (Å²) in [6.07, 6.45) is 0. The smallest absolute Gasteiger partial charge is 0.168 e. The maximum absolute atomic E-state index is 12.0. The van der Waals surface area contributed by atoms with Crippen molar-refractivity contribution in [3.63, 3.8) is 0 Å². The van der Waals surface area contributed by atoms with Crippen LogP contribution in [-0.2, 0) is 10.8 Å². The number of fused-ring (bicyclic) bond motifs is 1. The van der Waals surface area contributed by atoms with Crippen molar-refractivity contribution in [3.8, 4) is 0 Å². The first-order chi connectivity index (χ1) is 7.02. The van der Waals surface area contributed by atoms with E-state index < -0.39 is 10.8 Å². The topological polar surface area (TPSA) is 34.1 Å². The fourth-order valence-electron chi connectivity index (χ4n) is 1.71. The minimum atomic E-state index is -1.10. The minimum Gasteiger partial charge on any atom is -0.294 e. The van der Waals surface area contributed by atoms with E-state index in [1.807, 2.05) is 13.8 Å². The maximum Gasteiger partial charge on any atom is 0.168 e. The molecule has 0 bridgehead atoms. The maximum atomic E-state index is 12.0. The van der Waals surface area contributed by atoms with Crippen LogP contribution < -0.4 is 0 Å². The number of ketones is 1. The summed E-state index contributed by atoms with van der Waals surface area (Å²) in [7, 11) is -1.10. The molecule has 2 rings (SSSR count). The van der Waals surface area contributed by atoms with Gasteiger partial charge in [-0.15, -0.1) is 0 Å². The van der Waals surface area contributed by atoms with E-state index >= 15 is 0 Å². The Balaban J connectivity index is 2.64. The first-order valence-electron chi connectivity index (χ1n) is 4.76. The predicted octanol–water partition coefficient (Wildman–Crippen LogP) is 2.67.